The molecule has 2 rings (SSSR count). The first-order chi connectivity index (χ1) is 16.8. The van der Waals surface area contributed by atoms with Gasteiger partial charge in [-0.25, -0.2) is 19.1 Å². The minimum Gasteiger partial charge on any atom is -0.444 e. The van der Waals surface area contributed by atoms with Crippen LogP contribution in [0.1, 0.15) is 62.3 Å². The summed E-state index contributed by atoms with van der Waals surface area (Å²) in [5.74, 6) is 0.406. The smallest absolute Gasteiger partial charge is 0.416 e. The Morgan fingerprint density at radius 3 is 2.05 bits per heavy atom. The fraction of sp³-hybridized carbons (Fsp3) is 0.692. The monoisotopic (exact) mass is 535 g/mol. The van der Waals surface area contributed by atoms with Crippen molar-refractivity contribution in [2.45, 2.75) is 91.6 Å². The van der Waals surface area contributed by atoms with Crippen molar-refractivity contribution < 1.29 is 23.5 Å². The molecule has 0 fully saturated rings. The van der Waals surface area contributed by atoms with Crippen LogP contribution in [0.5, 0.6) is 0 Å². The lowest BCUT2D eigenvalue weighted by molar-refractivity contribution is 0.0221. The van der Waals surface area contributed by atoms with Gasteiger partial charge in [-0.1, -0.05) is 20.8 Å². The van der Waals surface area contributed by atoms with E-state index in [-0.39, 0.29) is 18.1 Å². The number of carbonyl (C=O) groups is 2. The van der Waals surface area contributed by atoms with Crippen molar-refractivity contribution in [2.24, 2.45) is 0 Å². The fourth-order valence-corrected chi connectivity index (χ4v) is 4.07. The molecule has 0 saturated carbocycles. The lowest BCUT2D eigenvalue weighted by Gasteiger charge is -2.37. The molecule has 2 aromatic heterocycles. The molecule has 0 aliphatic carbocycles. The maximum Gasteiger partial charge on any atom is 0.416 e. The highest BCUT2D eigenvalue weighted by atomic mass is 28.4. The van der Waals surface area contributed by atoms with Crippen LogP contribution >= 0.6 is 0 Å². The average molecular weight is 536 g/mol. The van der Waals surface area contributed by atoms with E-state index in [4.69, 9.17) is 13.9 Å². The molecule has 208 valence electrons. The summed E-state index contributed by atoms with van der Waals surface area (Å²) in [5, 5.41) is 4.22. The van der Waals surface area contributed by atoms with E-state index in [1.165, 1.54) is 4.90 Å². The molecule has 0 saturated heterocycles. The van der Waals surface area contributed by atoms with Gasteiger partial charge in [0.05, 0.1) is 12.8 Å². The van der Waals surface area contributed by atoms with Crippen molar-refractivity contribution in [2.75, 3.05) is 31.1 Å². The Morgan fingerprint density at radius 1 is 0.892 bits per heavy atom. The van der Waals surface area contributed by atoms with Crippen LogP contribution in [0.4, 0.5) is 15.4 Å². The van der Waals surface area contributed by atoms with Gasteiger partial charge in [-0.3, -0.25) is 4.90 Å². The van der Waals surface area contributed by atoms with Crippen LogP contribution in [0.3, 0.4) is 0 Å². The number of hydrogen-bond acceptors (Lipinski definition) is 7. The highest BCUT2D eigenvalue weighted by Crippen LogP contribution is 2.36. The molecule has 0 atom stereocenters. The Balaban J connectivity index is 2.26. The van der Waals surface area contributed by atoms with Gasteiger partial charge < -0.3 is 18.8 Å². The molecule has 0 bridgehead atoms. The van der Waals surface area contributed by atoms with E-state index in [0.717, 1.165) is 0 Å². The standard InChI is InChI=1S/C26H45N5O5Si/c1-24(2,3)35-22(32)29(18-19-34-37(10,11)26(7,8)9)16-17-30(23(33)36-25(4,5)6)20-13-15-31-21(28-20)12-14-27-31/h12-15H,16-19H2,1-11H3. The predicted molar refractivity (Wildman–Crippen MR) is 148 cm³/mol. The van der Waals surface area contributed by atoms with E-state index in [0.29, 0.717) is 24.6 Å². The molecular weight excluding hydrogens is 490 g/mol. The van der Waals surface area contributed by atoms with Crippen LogP contribution < -0.4 is 4.90 Å². The van der Waals surface area contributed by atoms with Gasteiger partial charge in [0.25, 0.3) is 0 Å². The molecule has 0 aromatic carbocycles. The van der Waals surface area contributed by atoms with Gasteiger partial charge >= 0.3 is 12.2 Å². The molecule has 0 aliphatic heterocycles. The summed E-state index contributed by atoms with van der Waals surface area (Å²) in [6.07, 6.45) is 2.35. The molecule has 10 nitrogen and oxygen atoms in total. The third-order valence-electron chi connectivity index (χ3n) is 6.01. The summed E-state index contributed by atoms with van der Waals surface area (Å²) in [7, 11) is -2.00. The van der Waals surface area contributed by atoms with E-state index < -0.39 is 31.7 Å². The molecule has 0 aliphatic rings. The number of ether oxygens (including phenoxy) is 2. The number of fused-ring (bicyclic) bond motifs is 1. The molecule has 0 unspecified atom stereocenters. The number of anilines is 1. The van der Waals surface area contributed by atoms with Gasteiger partial charge in [-0.2, -0.15) is 5.10 Å². The average Bonchev–Trinajstić information content (AvgIpc) is 3.17. The highest BCUT2D eigenvalue weighted by molar-refractivity contribution is 6.74. The third-order valence-corrected chi connectivity index (χ3v) is 10.5. The molecule has 0 spiro atoms. The van der Waals surface area contributed by atoms with E-state index >= 15 is 0 Å². The Morgan fingerprint density at radius 2 is 1.49 bits per heavy atom. The van der Waals surface area contributed by atoms with Gasteiger partial charge in [0.2, 0.25) is 0 Å². The predicted octanol–water partition coefficient (Wildman–Crippen LogP) is 5.73. The molecule has 0 N–H and O–H groups in total. The largest absolute Gasteiger partial charge is 0.444 e. The Hall–Kier alpha value is -2.66. The highest BCUT2D eigenvalue weighted by Gasteiger charge is 2.37. The van der Waals surface area contributed by atoms with Gasteiger partial charge in [-0.05, 0) is 65.7 Å². The first kappa shape index (κ1) is 30.6. The Kier molecular flexibility index (Phi) is 9.40. The van der Waals surface area contributed by atoms with E-state index in [1.54, 1.807) is 33.9 Å². The first-order valence-electron chi connectivity index (χ1n) is 12.7. The molecular formula is C26H45N5O5Si. The zero-order valence-corrected chi connectivity index (χ0v) is 25.4. The van der Waals surface area contributed by atoms with Gasteiger partial charge in [0, 0.05) is 31.9 Å². The van der Waals surface area contributed by atoms with Crippen LogP contribution in [0, 0.1) is 0 Å². The summed E-state index contributed by atoms with van der Waals surface area (Å²) >= 11 is 0. The zero-order chi connectivity index (χ0) is 28.2. The minimum absolute atomic E-state index is 0.0508. The molecule has 0 radical (unpaired) electrons. The summed E-state index contributed by atoms with van der Waals surface area (Å²) in [6.45, 7) is 22.8. The summed E-state index contributed by atoms with van der Waals surface area (Å²) in [4.78, 5) is 33.9. The third kappa shape index (κ3) is 9.30. The lowest BCUT2D eigenvalue weighted by atomic mass is 10.2. The second-order valence-electron chi connectivity index (χ2n) is 12.6. The maximum atomic E-state index is 13.2. The van der Waals surface area contributed by atoms with E-state index in [2.05, 4.69) is 43.9 Å². The molecule has 11 heteroatoms. The second kappa shape index (κ2) is 11.4. The van der Waals surface area contributed by atoms with Crippen LogP contribution in [0.15, 0.2) is 24.5 Å². The van der Waals surface area contributed by atoms with Crippen molar-refractivity contribution in [3.05, 3.63) is 24.5 Å². The van der Waals surface area contributed by atoms with Crippen molar-refractivity contribution in [3.63, 3.8) is 0 Å². The van der Waals surface area contributed by atoms with Crippen LogP contribution in [-0.2, 0) is 13.9 Å². The van der Waals surface area contributed by atoms with E-state index in [9.17, 15) is 9.59 Å². The topological polar surface area (TPSA) is 98.5 Å². The number of hydrogen-bond donors (Lipinski definition) is 0. The quantitative estimate of drug-likeness (QED) is 0.398. The summed E-state index contributed by atoms with van der Waals surface area (Å²) in [6, 6.07) is 3.45. The number of aromatic nitrogens is 3. The lowest BCUT2D eigenvalue weighted by Crippen LogP contribution is -2.47. The molecule has 2 amide bonds. The molecule has 2 heterocycles. The van der Waals surface area contributed by atoms with Crippen molar-refractivity contribution >= 4 is 32.0 Å². The second-order valence-corrected chi connectivity index (χ2v) is 17.4. The van der Waals surface area contributed by atoms with Gasteiger partial charge in [0.1, 0.15) is 17.0 Å². The fourth-order valence-electron chi connectivity index (χ4n) is 3.04. The Labute approximate surface area is 222 Å². The Bertz CT molecular complexity index is 1070. The van der Waals surface area contributed by atoms with Crippen LogP contribution in [0.2, 0.25) is 18.1 Å². The first-order valence-corrected chi connectivity index (χ1v) is 15.6. The minimum atomic E-state index is -2.00. The molecule has 2 aromatic rings. The molecule has 37 heavy (non-hydrogen) atoms. The number of carbonyl (C=O) groups excluding carboxylic acids is 2. The number of amides is 2. The van der Waals surface area contributed by atoms with Gasteiger partial charge in [-0.15, -0.1) is 0 Å². The summed E-state index contributed by atoms with van der Waals surface area (Å²) in [5.41, 5.74) is -0.759. The zero-order valence-electron chi connectivity index (χ0n) is 24.4. The van der Waals surface area contributed by atoms with Crippen molar-refractivity contribution in [1.82, 2.24) is 19.5 Å². The maximum absolute atomic E-state index is 13.2. The van der Waals surface area contributed by atoms with E-state index in [1.807, 2.05) is 41.5 Å². The van der Waals surface area contributed by atoms with Crippen LogP contribution in [-0.4, -0.2) is 77.4 Å². The van der Waals surface area contributed by atoms with Crippen LogP contribution in [0.25, 0.3) is 5.65 Å². The number of nitrogens with zero attached hydrogens (tertiary/aromatic N) is 5. The van der Waals surface area contributed by atoms with Crippen molar-refractivity contribution in [3.8, 4) is 0 Å². The summed E-state index contributed by atoms with van der Waals surface area (Å²) < 4.78 is 19.2. The van der Waals surface area contributed by atoms with Crippen molar-refractivity contribution in [1.29, 1.82) is 0 Å². The van der Waals surface area contributed by atoms with Gasteiger partial charge in [0.15, 0.2) is 14.0 Å². The number of rotatable bonds is 8. The SMILES string of the molecule is CC(C)(C)OC(=O)N(CCO[Si](C)(C)C(C)(C)C)CCN(C(=O)OC(C)(C)C)c1ccn2nccc2n1. The normalized spacial score (nSPS) is 12.9.